The normalized spacial score (nSPS) is 17.6. The lowest BCUT2D eigenvalue weighted by molar-refractivity contribution is -0.228. The molecule has 1 aliphatic carbocycles. The van der Waals surface area contributed by atoms with Crippen molar-refractivity contribution < 1.29 is 52.6 Å². The monoisotopic (exact) mass is 991 g/mol. The number of hydrogen-bond acceptors (Lipinski definition) is 15. The molecule has 6 N–H and O–H groups in total. The van der Waals surface area contributed by atoms with E-state index in [1.165, 1.54) is 24.8 Å². The number of nitrogen functional groups attached to an aromatic ring is 1. The molecule has 25 heteroatoms. The molecule has 1 fully saturated rings. The number of anilines is 1. The van der Waals surface area contributed by atoms with Gasteiger partial charge in [-0.15, -0.1) is 0 Å². The Morgan fingerprint density at radius 1 is 0.968 bits per heavy atom. The van der Waals surface area contributed by atoms with Crippen LogP contribution in [-0.2, 0) is 18.3 Å². The third-order valence-electron chi connectivity index (χ3n) is 9.85. The first-order valence-corrected chi connectivity index (χ1v) is 22.0. The molecule has 0 radical (unpaired) electrons. The van der Waals surface area contributed by atoms with Crippen LogP contribution < -0.4 is 21.4 Å². The van der Waals surface area contributed by atoms with E-state index in [9.17, 15) is 39.2 Å². The van der Waals surface area contributed by atoms with Gasteiger partial charge in [-0.1, -0.05) is 82.4 Å². The maximum absolute atomic E-state index is 13.6. The number of nitrogens with one attached hydrogen (secondary N) is 1. The number of phosphoric acid groups is 1. The lowest BCUT2D eigenvalue weighted by Crippen LogP contribution is -2.27. The first-order chi connectivity index (χ1) is 29.4. The number of phenolic OH excluding ortho intramolecular Hbond substituents is 1. The number of aliphatic hydroxyl groups is 1. The third-order valence-corrected chi connectivity index (χ3v) is 12.8. The zero-order valence-electron chi connectivity index (χ0n) is 31.4. The fraction of sp³-hybridized carbons (Fsp3) is 0.297. The number of carbonyl (C=O) groups is 2. The number of hydrogen-bond donors (Lipinski definition) is 5. The van der Waals surface area contributed by atoms with Gasteiger partial charge in [0, 0.05) is 35.0 Å². The molecule has 1 saturated heterocycles. The zero-order chi connectivity index (χ0) is 44.8. The van der Waals surface area contributed by atoms with E-state index in [4.69, 9.17) is 93.5 Å². The van der Waals surface area contributed by atoms with Crippen LogP contribution in [0.1, 0.15) is 59.0 Å². The van der Waals surface area contributed by atoms with Crippen LogP contribution in [0.5, 0.6) is 5.75 Å². The molecule has 1 unspecified atom stereocenters. The fourth-order valence-electron chi connectivity index (χ4n) is 6.87. The Morgan fingerprint density at radius 3 is 2.45 bits per heavy atom. The summed E-state index contributed by atoms with van der Waals surface area (Å²) in [5, 5.41) is 31.7. The van der Waals surface area contributed by atoms with Gasteiger partial charge in [-0.3, -0.25) is 18.7 Å². The summed E-state index contributed by atoms with van der Waals surface area (Å²) >= 11 is 38.6. The minimum absolute atomic E-state index is 0.00361. The number of fused-ring (bicyclic) bond motifs is 3. The number of aromatic hydroxyl groups is 1. The van der Waals surface area contributed by atoms with Crippen molar-refractivity contribution >= 4 is 117 Å². The van der Waals surface area contributed by atoms with Crippen LogP contribution >= 0.6 is 77.4 Å². The summed E-state index contributed by atoms with van der Waals surface area (Å²) in [7, 11) is -4.76. The number of nitrogens with two attached hydrogens (primary N) is 1. The molecule has 1 amide bonds. The van der Waals surface area contributed by atoms with E-state index in [-0.39, 0.29) is 79.4 Å². The number of halogens is 6. The van der Waals surface area contributed by atoms with Gasteiger partial charge in [-0.2, -0.15) is 0 Å². The van der Waals surface area contributed by atoms with Gasteiger partial charge in [0.2, 0.25) is 5.43 Å². The number of nitrogens with zero attached hydrogens (tertiary/aromatic N) is 4. The summed E-state index contributed by atoms with van der Waals surface area (Å²) in [5.74, 6) is -2.99. The second kappa shape index (κ2) is 18.6. The van der Waals surface area contributed by atoms with Gasteiger partial charge >= 0.3 is 5.97 Å². The maximum Gasteiger partial charge on any atom is 0.337 e. The lowest BCUT2D eigenvalue weighted by atomic mass is 9.89. The van der Waals surface area contributed by atoms with Crippen molar-refractivity contribution in [2.24, 2.45) is 0 Å². The largest absolute Gasteiger partial charge is 0.756 e. The maximum atomic E-state index is 13.6. The third kappa shape index (κ3) is 9.02. The molecule has 4 atom stereocenters. The molecule has 62 heavy (non-hydrogen) atoms. The number of aromatic nitrogens is 4. The molecule has 0 spiro atoms. The van der Waals surface area contributed by atoms with Gasteiger partial charge in [0.1, 0.15) is 34.2 Å². The number of aliphatic hydroxyl groups excluding tert-OH is 1. The average molecular weight is 994 g/mol. The number of aromatic carboxylic acids is 1. The molecule has 2 aromatic heterocycles. The number of benzene rings is 3. The number of phosphoric ester groups is 1. The highest BCUT2D eigenvalue weighted by atomic mass is 35.5. The van der Waals surface area contributed by atoms with Crippen LogP contribution in [0, 0.1) is 0 Å². The average Bonchev–Trinajstić information content (AvgIpc) is 3.83. The van der Waals surface area contributed by atoms with E-state index in [1.54, 1.807) is 4.57 Å². The minimum Gasteiger partial charge on any atom is -0.756 e. The molecule has 3 aliphatic rings. The van der Waals surface area contributed by atoms with Gasteiger partial charge in [0.25, 0.3) is 13.7 Å². The Balaban J connectivity index is 0.965. The minimum atomic E-state index is -4.76. The fourth-order valence-corrected chi connectivity index (χ4v) is 9.23. The number of unbranched alkanes of at least 4 members (excludes halogenated alkanes) is 3. The Morgan fingerprint density at radius 2 is 1.71 bits per heavy atom. The predicted molar refractivity (Wildman–Crippen MR) is 228 cm³/mol. The first kappa shape index (κ1) is 46.0. The number of amides is 1. The van der Waals surface area contributed by atoms with Crippen molar-refractivity contribution in [1.29, 1.82) is 0 Å². The summed E-state index contributed by atoms with van der Waals surface area (Å²) in [4.78, 5) is 63.7. The summed E-state index contributed by atoms with van der Waals surface area (Å²) in [6, 6.07) is 3.46. The highest BCUT2D eigenvalue weighted by Gasteiger charge is 2.37. The van der Waals surface area contributed by atoms with E-state index < -0.39 is 76.6 Å². The summed E-state index contributed by atoms with van der Waals surface area (Å²) < 4.78 is 35.7. The Bertz CT molecular complexity index is 2850. The molecule has 0 saturated carbocycles. The molecular formula is C37H30Cl6N6O12P-. The molecule has 4 aromatic rings. The number of carbonyl (C=O) groups excluding carboxylic acids is 1. The number of imidazole rings is 1. The number of ether oxygens (including phenoxy) is 1. The number of carboxylic acid groups (broad SMARTS) is 1. The lowest BCUT2D eigenvalue weighted by Gasteiger charge is -2.25. The van der Waals surface area contributed by atoms with Gasteiger partial charge < -0.3 is 49.5 Å². The van der Waals surface area contributed by atoms with Crippen molar-refractivity contribution in [1.82, 2.24) is 24.8 Å². The highest BCUT2D eigenvalue weighted by Crippen LogP contribution is 2.52. The van der Waals surface area contributed by atoms with Crippen LogP contribution in [0.3, 0.4) is 0 Å². The summed E-state index contributed by atoms with van der Waals surface area (Å²) in [5.41, 5.74) is 4.32. The van der Waals surface area contributed by atoms with Crippen LogP contribution in [-0.4, -0.2) is 78.7 Å². The highest BCUT2D eigenvalue weighted by molar-refractivity contribution is 7.45. The van der Waals surface area contributed by atoms with Crippen LogP contribution in [0.2, 0.25) is 30.1 Å². The molecule has 4 heterocycles. The number of carboxylic acids is 1. The van der Waals surface area contributed by atoms with Crippen LogP contribution in [0.4, 0.5) is 5.82 Å². The molecule has 2 aliphatic heterocycles. The van der Waals surface area contributed by atoms with Crippen molar-refractivity contribution in [2.75, 3.05) is 25.5 Å². The van der Waals surface area contributed by atoms with Crippen LogP contribution in [0.15, 0.2) is 40.1 Å². The quantitative estimate of drug-likeness (QED) is 0.0374. The summed E-state index contributed by atoms with van der Waals surface area (Å²) in [6.45, 7) is -0.577. The molecular weight excluding hydrogens is 964 g/mol. The SMILES string of the molecule is Nc1ncnc2c1ncn2[C@H]1C[C@@H](O)[C@@H](COP(=O)([O-])OCCCCCCNC(=O)c2cc(Cl)c(C(=O)O)c(-c3c4cc(Cl)c(=O)c(Cl)c-4oc4c(Cl)c(O)c(Cl)cc34)c2Cl)O1. The molecule has 328 valence electrons. The van der Waals surface area contributed by atoms with Crippen molar-refractivity contribution in [3.63, 3.8) is 0 Å². The Kier molecular flexibility index (Phi) is 13.8. The van der Waals surface area contributed by atoms with Gasteiger partial charge in [0.15, 0.2) is 28.6 Å². The van der Waals surface area contributed by atoms with Gasteiger partial charge in [0.05, 0.1) is 56.9 Å². The smallest absolute Gasteiger partial charge is 0.337 e. The Labute approximate surface area is 379 Å². The van der Waals surface area contributed by atoms with E-state index in [2.05, 4.69) is 20.3 Å². The standard InChI is InChI=1S/C37H31Cl6N6O12P/c38-17-9-16(26(41)25(24(17)37(54)55)23-14-7-18(39)30(51)27(42)32(14)61-33-15(23)8-19(40)31(52)28(33)43)36(53)45-5-3-1-2-4-6-58-62(56,57)59-11-21-20(50)10-22(60-21)49-13-48-29-34(44)46-12-47-35(29)49/h7-9,12-13,20-22,50-51H,1-6,10-11H2,(H,45,53)(H,54,55)(H,56,57)(H2,44,46,47)/p-1/t20-,21-,22-/m1/s1. The van der Waals surface area contributed by atoms with Gasteiger partial charge in [-0.25, -0.2) is 19.7 Å². The molecule has 2 aromatic carbocycles. The summed E-state index contributed by atoms with van der Waals surface area (Å²) in [6.07, 6.45) is 1.82. The molecule has 7 rings (SSSR count). The van der Waals surface area contributed by atoms with Crippen molar-refractivity contribution in [3.05, 3.63) is 82.3 Å². The molecule has 0 bridgehead atoms. The molecule has 18 nitrogen and oxygen atoms in total. The van der Waals surface area contributed by atoms with E-state index in [0.29, 0.717) is 36.8 Å². The number of phenols is 1. The first-order valence-electron chi connectivity index (χ1n) is 18.3. The predicted octanol–water partition coefficient (Wildman–Crippen LogP) is 7.75. The van der Waals surface area contributed by atoms with Crippen LogP contribution in [0.25, 0.3) is 44.6 Å². The second-order valence-electron chi connectivity index (χ2n) is 13.8. The topological polar surface area (TPSA) is 275 Å². The second-order valence-corrected chi connectivity index (χ2v) is 17.6. The van der Waals surface area contributed by atoms with E-state index in [0.717, 1.165) is 6.07 Å². The number of rotatable bonds is 15. The van der Waals surface area contributed by atoms with Crippen molar-refractivity contribution in [2.45, 2.75) is 50.5 Å². The van der Waals surface area contributed by atoms with E-state index >= 15 is 0 Å². The van der Waals surface area contributed by atoms with Gasteiger partial charge in [-0.05, 0) is 31.0 Å². The van der Waals surface area contributed by atoms with Crippen molar-refractivity contribution in [3.8, 4) is 28.2 Å². The van der Waals surface area contributed by atoms with E-state index in [1.807, 2.05) is 0 Å². The Hall–Kier alpha value is -4.01. The zero-order valence-corrected chi connectivity index (χ0v) is 36.8.